The molecule has 1 saturated carbocycles. The molecule has 1 aliphatic carbocycles. The van der Waals surface area contributed by atoms with Gasteiger partial charge >= 0.3 is 6.03 Å². The molecule has 1 fully saturated rings. The molecule has 1 aromatic heterocycles. The number of amides is 2. The fraction of sp³-hybridized carbons (Fsp3) is 0.407. The van der Waals surface area contributed by atoms with Crippen molar-refractivity contribution in [2.24, 2.45) is 0 Å². The number of aromatic nitrogens is 1. The molecule has 1 heterocycles. The lowest BCUT2D eigenvalue weighted by Crippen LogP contribution is -2.42. The fourth-order valence-corrected chi connectivity index (χ4v) is 4.67. The van der Waals surface area contributed by atoms with Gasteiger partial charge in [-0.15, -0.1) is 0 Å². The first kappa shape index (κ1) is 22.9. The molecular weight excluding hydrogens is 410 g/mol. The number of hydrogen-bond acceptors (Lipinski definition) is 4. The van der Waals surface area contributed by atoms with Crippen LogP contribution < -0.4 is 20.9 Å². The van der Waals surface area contributed by atoms with Crippen molar-refractivity contribution in [3.63, 3.8) is 0 Å². The molecule has 0 spiro atoms. The maximum absolute atomic E-state index is 12.6. The number of anilines is 3. The fourth-order valence-electron chi connectivity index (χ4n) is 4.67. The predicted octanol–water partition coefficient (Wildman–Crippen LogP) is 5.80. The van der Waals surface area contributed by atoms with Gasteiger partial charge in [-0.25, -0.2) is 9.78 Å². The normalized spacial score (nSPS) is 18.0. The largest absolute Gasteiger partial charge is 0.377 e. The van der Waals surface area contributed by atoms with E-state index in [1.165, 1.54) is 11.3 Å². The third-order valence-electron chi connectivity index (χ3n) is 6.38. The van der Waals surface area contributed by atoms with Gasteiger partial charge in [0.05, 0.1) is 5.52 Å². The van der Waals surface area contributed by atoms with Gasteiger partial charge in [-0.2, -0.15) is 0 Å². The van der Waals surface area contributed by atoms with Crippen molar-refractivity contribution in [2.45, 2.75) is 57.5 Å². The zero-order valence-electron chi connectivity index (χ0n) is 19.9. The highest BCUT2D eigenvalue weighted by Gasteiger charge is 2.23. The first-order valence-corrected chi connectivity index (χ1v) is 12.0. The van der Waals surface area contributed by atoms with Crippen LogP contribution in [-0.2, 0) is 6.42 Å². The number of nitrogens with one attached hydrogen (secondary N) is 3. The second-order valence-electron chi connectivity index (χ2n) is 9.14. The van der Waals surface area contributed by atoms with Gasteiger partial charge in [0.25, 0.3) is 0 Å². The Morgan fingerprint density at radius 1 is 1.00 bits per heavy atom. The lowest BCUT2D eigenvalue weighted by atomic mass is 9.91. The lowest BCUT2D eigenvalue weighted by molar-refractivity contribution is 0.243. The van der Waals surface area contributed by atoms with Crippen LogP contribution in [-0.4, -0.2) is 37.2 Å². The number of para-hydroxylation sites is 2. The van der Waals surface area contributed by atoms with Crippen LogP contribution in [0.4, 0.5) is 22.0 Å². The molecule has 33 heavy (non-hydrogen) atoms. The van der Waals surface area contributed by atoms with Crippen LogP contribution in [0, 0.1) is 0 Å². The second kappa shape index (κ2) is 10.6. The Hall–Kier alpha value is -3.28. The number of aryl methyl sites for hydroxylation is 1. The minimum Gasteiger partial charge on any atom is -0.377 e. The van der Waals surface area contributed by atoms with Crippen LogP contribution in [0.15, 0.2) is 54.6 Å². The van der Waals surface area contributed by atoms with E-state index in [-0.39, 0.29) is 12.1 Å². The van der Waals surface area contributed by atoms with Crippen molar-refractivity contribution in [1.82, 2.24) is 10.3 Å². The highest BCUT2D eigenvalue weighted by molar-refractivity contribution is 5.93. The summed E-state index contributed by atoms with van der Waals surface area (Å²) in [6.07, 6.45) is 5.93. The maximum Gasteiger partial charge on any atom is 0.319 e. The van der Waals surface area contributed by atoms with E-state index >= 15 is 0 Å². The number of rotatable bonds is 7. The topological polar surface area (TPSA) is 69.3 Å². The van der Waals surface area contributed by atoms with Crippen LogP contribution in [0.5, 0.6) is 0 Å². The van der Waals surface area contributed by atoms with Gasteiger partial charge < -0.3 is 20.9 Å². The van der Waals surface area contributed by atoms with Gasteiger partial charge in [0.1, 0.15) is 5.82 Å². The molecule has 2 amide bonds. The number of urea groups is 1. The average Bonchev–Trinajstić information content (AvgIpc) is 2.81. The predicted molar refractivity (Wildman–Crippen MR) is 138 cm³/mol. The number of pyridine rings is 1. The van der Waals surface area contributed by atoms with Crippen LogP contribution in [0.1, 0.15) is 44.6 Å². The van der Waals surface area contributed by atoms with E-state index in [9.17, 15) is 4.79 Å². The van der Waals surface area contributed by atoms with E-state index < -0.39 is 0 Å². The van der Waals surface area contributed by atoms with Crippen molar-refractivity contribution >= 4 is 34.1 Å². The Bertz CT molecular complexity index is 1090. The molecule has 6 heteroatoms. The average molecular weight is 446 g/mol. The zero-order chi connectivity index (χ0) is 23.2. The molecule has 0 bridgehead atoms. The lowest BCUT2D eigenvalue weighted by Gasteiger charge is -2.30. The highest BCUT2D eigenvalue weighted by atomic mass is 16.2. The summed E-state index contributed by atoms with van der Waals surface area (Å²) in [5.41, 5.74) is 4.26. The molecule has 0 saturated heterocycles. The SMILES string of the molecule is CCCc1ccccc1NC(=O)N[C@H]1CC[C@@H](Nc2cc(N(C)C)c3ccccc3n2)CC1. The smallest absolute Gasteiger partial charge is 0.319 e. The van der Waals surface area contributed by atoms with Crippen molar-refractivity contribution in [3.05, 3.63) is 60.2 Å². The summed E-state index contributed by atoms with van der Waals surface area (Å²) in [4.78, 5) is 19.5. The number of fused-ring (bicyclic) bond motifs is 1. The molecular formula is C27H35N5O. The van der Waals surface area contributed by atoms with E-state index in [4.69, 9.17) is 4.98 Å². The van der Waals surface area contributed by atoms with Crippen molar-refractivity contribution in [1.29, 1.82) is 0 Å². The molecule has 0 radical (unpaired) electrons. The van der Waals surface area contributed by atoms with E-state index in [0.29, 0.717) is 6.04 Å². The Morgan fingerprint density at radius 3 is 2.45 bits per heavy atom. The van der Waals surface area contributed by atoms with E-state index in [2.05, 4.69) is 72.2 Å². The van der Waals surface area contributed by atoms with Gasteiger partial charge in [0.2, 0.25) is 0 Å². The van der Waals surface area contributed by atoms with Gasteiger partial charge in [-0.05, 0) is 49.8 Å². The van der Waals surface area contributed by atoms with Gasteiger partial charge in [0.15, 0.2) is 0 Å². The first-order chi connectivity index (χ1) is 16.0. The molecule has 4 rings (SSSR count). The number of carbonyl (C=O) groups excluding carboxylic acids is 1. The minimum atomic E-state index is -0.109. The standard InChI is InChI=1S/C27H35N5O/c1-4-9-19-10-5-7-12-23(19)31-27(33)29-21-16-14-20(15-17-21)28-26-18-25(32(2)3)22-11-6-8-13-24(22)30-26/h5-8,10-13,18,20-21H,4,9,14-17H2,1-3H3,(H,28,30)(H2,29,31,33)/t20-,21+. The van der Waals surface area contributed by atoms with Crippen molar-refractivity contribution < 1.29 is 4.79 Å². The quantitative estimate of drug-likeness (QED) is 0.430. The summed E-state index contributed by atoms with van der Waals surface area (Å²) < 4.78 is 0. The number of benzene rings is 2. The minimum absolute atomic E-state index is 0.109. The third kappa shape index (κ3) is 5.75. The summed E-state index contributed by atoms with van der Waals surface area (Å²) in [7, 11) is 4.13. The molecule has 1 aliphatic rings. The van der Waals surface area contributed by atoms with E-state index in [1.54, 1.807) is 0 Å². The molecule has 0 unspecified atom stereocenters. The van der Waals surface area contributed by atoms with Gasteiger partial charge in [-0.1, -0.05) is 49.7 Å². The van der Waals surface area contributed by atoms with E-state index in [0.717, 1.165) is 60.9 Å². The zero-order valence-corrected chi connectivity index (χ0v) is 19.9. The molecule has 3 N–H and O–H groups in total. The first-order valence-electron chi connectivity index (χ1n) is 12.0. The molecule has 174 valence electrons. The highest BCUT2D eigenvalue weighted by Crippen LogP contribution is 2.29. The third-order valence-corrected chi connectivity index (χ3v) is 6.38. The summed E-state index contributed by atoms with van der Waals surface area (Å²) in [6.45, 7) is 2.15. The number of nitrogens with zero attached hydrogens (tertiary/aromatic N) is 2. The molecule has 0 atom stereocenters. The van der Waals surface area contributed by atoms with Crippen molar-refractivity contribution in [2.75, 3.05) is 29.6 Å². The monoisotopic (exact) mass is 445 g/mol. The van der Waals surface area contributed by atoms with Crippen LogP contribution >= 0.6 is 0 Å². The Kier molecular flexibility index (Phi) is 7.33. The summed E-state index contributed by atoms with van der Waals surface area (Å²) in [6, 6.07) is 18.9. The number of carbonyl (C=O) groups is 1. The van der Waals surface area contributed by atoms with E-state index in [1.807, 2.05) is 24.3 Å². The summed E-state index contributed by atoms with van der Waals surface area (Å²) in [5, 5.41) is 11.0. The summed E-state index contributed by atoms with van der Waals surface area (Å²) in [5.74, 6) is 0.916. The van der Waals surface area contributed by atoms with Crippen LogP contribution in [0.2, 0.25) is 0 Å². The molecule has 3 aromatic rings. The van der Waals surface area contributed by atoms with Crippen molar-refractivity contribution in [3.8, 4) is 0 Å². The van der Waals surface area contributed by atoms with Gasteiger partial charge in [-0.3, -0.25) is 0 Å². The number of hydrogen-bond donors (Lipinski definition) is 3. The molecule has 2 aromatic carbocycles. The Labute approximate surface area is 196 Å². The molecule has 0 aliphatic heterocycles. The Morgan fingerprint density at radius 2 is 1.70 bits per heavy atom. The second-order valence-corrected chi connectivity index (χ2v) is 9.14. The maximum atomic E-state index is 12.6. The van der Waals surface area contributed by atoms with Crippen LogP contribution in [0.25, 0.3) is 10.9 Å². The van der Waals surface area contributed by atoms with Gasteiger partial charge in [0, 0.05) is 49.0 Å². The van der Waals surface area contributed by atoms with Crippen LogP contribution in [0.3, 0.4) is 0 Å². The summed E-state index contributed by atoms with van der Waals surface area (Å²) >= 11 is 0. The molecule has 6 nitrogen and oxygen atoms in total. The Balaban J connectivity index is 1.32.